The summed E-state index contributed by atoms with van der Waals surface area (Å²) in [6.07, 6.45) is 5.24. The molecule has 0 radical (unpaired) electrons. The van der Waals surface area contributed by atoms with Crippen molar-refractivity contribution in [1.29, 1.82) is 0 Å². The maximum atomic E-state index is 11.2. The zero-order valence-corrected chi connectivity index (χ0v) is 16.3. The van der Waals surface area contributed by atoms with Gasteiger partial charge in [-0.05, 0) is 43.5 Å². The molecule has 0 spiro atoms. The van der Waals surface area contributed by atoms with Crippen LogP contribution in [0.1, 0.15) is 45.1 Å². The molecule has 1 aliphatic rings. The molecule has 0 bridgehead atoms. The molecule has 1 atom stereocenters. The normalized spacial score (nSPS) is 18.4. The van der Waals surface area contributed by atoms with Crippen molar-refractivity contribution in [1.82, 2.24) is 15.5 Å². The van der Waals surface area contributed by atoms with Crippen molar-refractivity contribution < 1.29 is 4.79 Å². The molecule has 144 valence electrons. The van der Waals surface area contributed by atoms with Gasteiger partial charge >= 0.3 is 0 Å². The summed E-state index contributed by atoms with van der Waals surface area (Å²) < 4.78 is 0. The minimum atomic E-state index is -0.0596. The van der Waals surface area contributed by atoms with Gasteiger partial charge in [0, 0.05) is 45.3 Å². The van der Waals surface area contributed by atoms with E-state index < -0.39 is 0 Å². The van der Waals surface area contributed by atoms with Crippen molar-refractivity contribution in [2.45, 2.75) is 52.1 Å². The molecule has 1 aliphatic heterocycles. The van der Waals surface area contributed by atoms with Gasteiger partial charge < -0.3 is 16.0 Å². The van der Waals surface area contributed by atoms with E-state index in [9.17, 15) is 4.79 Å². The van der Waals surface area contributed by atoms with Gasteiger partial charge in [0.15, 0.2) is 5.96 Å². The lowest BCUT2D eigenvalue weighted by Gasteiger charge is -2.35. The monoisotopic (exact) mass is 359 g/mol. The van der Waals surface area contributed by atoms with Gasteiger partial charge in [-0.3, -0.25) is 14.7 Å². The highest BCUT2D eigenvalue weighted by molar-refractivity contribution is 5.88. The van der Waals surface area contributed by atoms with Crippen LogP contribution in [0.3, 0.4) is 0 Å². The van der Waals surface area contributed by atoms with Crippen molar-refractivity contribution in [2.75, 3.05) is 32.0 Å². The number of amides is 1. The van der Waals surface area contributed by atoms with E-state index in [2.05, 4.69) is 32.8 Å². The number of carbonyl (C=O) groups is 1. The first-order valence-electron chi connectivity index (χ1n) is 9.67. The molecule has 0 aliphatic carbocycles. The molecule has 0 saturated carbocycles. The molecule has 6 nitrogen and oxygen atoms in total. The van der Waals surface area contributed by atoms with Crippen LogP contribution in [0.4, 0.5) is 5.69 Å². The van der Waals surface area contributed by atoms with E-state index in [1.165, 1.54) is 39.2 Å². The number of rotatable bonds is 7. The lowest BCUT2D eigenvalue weighted by Crippen LogP contribution is -2.45. The van der Waals surface area contributed by atoms with Crippen molar-refractivity contribution >= 4 is 17.6 Å². The van der Waals surface area contributed by atoms with Crippen molar-refractivity contribution in [2.24, 2.45) is 4.99 Å². The van der Waals surface area contributed by atoms with Crippen LogP contribution in [0.5, 0.6) is 0 Å². The summed E-state index contributed by atoms with van der Waals surface area (Å²) in [6, 6.07) is 8.57. The highest BCUT2D eigenvalue weighted by atomic mass is 16.1. The quantitative estimate of drug-likeness (QED) is 0.517. The van der Waals surface area contributed by atoms with E-state index >= 15 is 0 Å². The maximum absolute atomic E-state index is 11.2. The van der Waals surface area contributed by atoms with Gasteiger partial charge in [-0.1, -0.05) is 25.5 Å². The molecule has 1 fully saturated rings. The summed E-state index contributed by atoms with van der Waals surface area (Å²) in [6.45, 7) is 7.62. The van der Waals surface area contributed by atoms with Crippen molar-refractivity contribution in [3.8, 4) is 0 Å². The summed E-state index contributed by atoms with van der Waals surface area (Å²) in [4.78, 5) is 18.1. The van der Waals surface area contributed by atoms with Crippen LogP contribution in [0.2, 0.25) is 0 Å². The standard InChI is InChI=1S/C20H33N5O/c1-4-19-10-5-6-12-25(19)13-11-22-20(21-3)23-15-17-8-7-9-18(14-17)24-16(2)26/h7-9,14,19H,4-6,10-13,15H2,1-3H3,(H,24,26)(H2,21,22,23). The number of hydrogen-bond donors (Lipinski definition) is 3. The second kappa shape index (κ2) is 10.8. The summed E-state index contributed by atoms with van der Waals surface area (Å²) in [5, 5.41) is 9.55. The number of benzene rings is 1. The van der Waals surface area contributed by atoms with Crippen LogP contribution in [-0.2, 0) is 11.3 Å². The molecule has 1 heterocycles. The Bertz CT molecular complexity index is 602. The zero-order valence-electron chi connectivity index (χ0n) is 16.3. The molecule has 6 heteroatoms. The number of likely N-dealkylation sites (tertiary alicyclic amines) is 1. The average molecular weight is 360 g/mol. The summed E-state index contributed by atoms with van der Waals surface area (Å²) in [5.74, 6) is 0.746. The van der Waals surface area contributed by atoms with Gasteiger partial charge in [-0.2, -0.15) is 0 Å². The summed E-state index contributed by atoms with van der Waals surface area (Å²) >= 11 is 0. The fourth-order valence-electron chi connectivity index (χ4n) is 3.50. The molecule has 0 aromatic heterocycles. The van der Waals surface area contributed by atoms with Crippen LogP contribution < -0.4 is 16.0 Å². The van der Waals surface area contributed by atoms with Crippen LogP contribution >= 0.6 is 0 Å². The number of anilines is 1. The summed E-state index contributed by atoms with van der Waals surface area (Å²) in [5.41, 5.74) is 1.91. The van der Waals surface area contributed by atoms with Crippen molar-refractivity contribution in [3.63, 3.8) is 0 Å². The number of nitrogens with one attached hydrogen (secondary N) is 3. The molecular weight excluding hydrogens is 326 g/mol. The molecule has 1 saturated heterocycles. The van der Waals surface area contributed by atoms with E-state index in [0.29, 0.717) is 6.54 Å². The lowest BCUT2D eigenvalue weighted by atomic mass is 10.0. The molecular formula is C20H33N5O. The van der Waals surface area contributed by atoms with Crippen LogP contribution in [0.15, 0.2) is 29.3 Å². The molecule has 1 aromatic carbocycles. The molecule has 1 unspecified atom stereocenters. The number of aliphatic imine (C=N–C) groups is 1. The van der Waals surface area contributed by atoms with E-state index in [4.69, 9.17) is 0 Å². The van der Waals surface area contributed by atoms with Gasteiger partial charge in [0.1, 0.15) is 0 Å². The van der Waals surface area contributed by atoms with E-state index in [0.717, 1.165) is 36.3 Å². The molecule has 2 rings (SSSR count). The Balaban J connectivity index is 1.76. The Morgan fingerprint density at radius 3 is 2.88 bits per heavy atom. The van der Waals surface area contributed by atoms with E-state index in [-0.39, 0.29) is 5.91 Å². The number of hydrogen-bond acceptors (Lipinski definition) is 3. The minimum Gasteiger partial charge on any atom is -0.355 e. The largest absolute Gasteiger partial charge is 0.355 e. The first-order chi connectivity index (χ1) is 12.6. The highest BCUT2D eigenvalue weighted by Crippen LogP contribution is 2.18. The van der Waals surface area contributed by atoms with E-state index in [1.807, 2.05) is 24.3 Å². The first-order valence-corrected chi connectivity index (χ1v) is 9.67. The van der Waals surface area contributed by atoms with E-state index in [1.54, 1.807) is 7.05 Å². The Labute approximate surface area is 157 Å². The van der Waals surface area contributed by atoms with Gasteiger partial charge in [0.2, 0.25) is 5.91 Å². The van der Waals surface area contributed by atoms with Gasteiger partial charge in [-0.15, -0.1) is 0 Å². The Morgan fingerprint density at radius 1 is 1.31 bits per heavy atom. The van der Waals surface area contributed by atoms with Gasteiger partial charge in [0.25, 0.3) is 0 Å². The number of piperidine rings is 1. The molecule has 1 amide bonds. The fraction of sp³-hybridized carbons (Fsp3) is 0.600. The first kappa shape index (κ1) is 20.2. The fourth-order valence-corrected chi connectivity index (χ4v) is 3.50. The number of guanidine groups is 1. The lowest BCUT2D eigenvalue weighted by molar-refractivity contribution is -0.114. The third kappa shape index (κ3) is 6.67. The predicted molar refractivity (Wildman–Crippen MR) is 108 cm³/mol. The van der Waals surface area contributed by atoms with Crippen LogP contribution in [0, 0.1) is 0 Å². The molecule has 26 heavy (non-hydrogen) atoms. The third-order valence-electron chi connectivity index (χ3n) is 4.84. The second-order valence-electron chi connectivity index (χ2n) is 6.83. The Hall–Kier alpha value is -2.08. The third-order valence-corrected chi connectivity index (χ3v) is 4.84. The zero-order chi connectivity index (χ0) is 18.8. The van der Waals surface area contributed by atoms with Gasteiger partial charge in [-0.25, -0.2) is 0 Å². The van der Waals surface area contributed by atoms with Gasteiger partial charge in [0.05, 0.1) is 0 Å². The second-order valence-corrected chi connectivity index (χ2v) is 6.83. The average Bonchev–Trinajstić information content (AvgIpc) is 2.64. The SMILES string of the molecule is CCC1CCCCN1CCNC(=NC)NCc1cccc(NC(C)=O)c1. The number of nitrogens with zero attached hydrogens (tertiary/aromatic N) is 2. The Morgan fingerprint density at radius 2 is 2.15 bits per heavy atom. The highest BCUT2D eigenvalue weighted by Gasteiger charge is 2.19. The number of carbonyl (C=O) groups excluding carboxylic acids is 1. The topological polar surface area (TPSA) is 68.8 Å². The Kier molecular flexibility index (Phi) is 8.41. The predicted octanol–water partition coefficient (Wildman–Crippen LogP) is 2.57. The molecule has 1 aromatic rings. The summed E-state index contributed by atoms with van der Waals surface area (Å²) in [7, 11) is 1.79. The molecule has 3 N–H and O–H groups in total. The minimum absolute atomic E-state index is 0.0596. The smallest absolute Gasteiger partial charge is 0.221 e. The van der Waals surface area contributed by atoms with Crippen LogP contribution in [-0.4, -0.2) is 49.5 Å². The van der Waals surface area contributed by atoms with Crippen LogP contribution in [0.25, 0.3) is 0 Å². The van der Waals surface area contributed by atoms with Crippen molar-refractivity contribution in [3.05, 3.63) is 29.8 Å². The maximum Gasteiger partial charge on any atom is 0.221 e.